The number of rotatable bonds is 17. The SMILES string of the molecule is COCCO[C@@H]1[C@H](OP(OCCC#N)N(C(C)C)C(C)C)[C@@H](C2CC2P(=O)(OC)OC)O[C@H]1n1cc(C)c(=O)[nH]c1=O. The van der Waals surface area contributed by atoms with Crippen LogP contribution < -0.4 is 11.2 Å². The van der Waals surface area contributed by atoms with Crippen molar-refractivity contribution in [3.8, 4) is 6.07 Å². The highest BCUT2D eigenvalue weighted by atomic mass is 31.2. The van der Waals surface area contributed by atoms with Gasteiger partial charge < -0.3 is 32.3 Å². The van der Waals surface area contributed by atoms with E-state index in [0.29, 0.717) is 12.0 Å². The van der Waals surface area contributed by atoms with Gasteiger partial charge in [-0.1, -0.05) is 0 Å². The van der Waals surface area contributed by atoms with Crippen LogP contribution in [-0.4, -0.2) is 91.4 Å². The first-order valence-corrected chi connectivity index (χ1v) is 16.7. The number of aryl methyl sites for hydroxylation is 1. The highest BCUT2D eigenvalue weighted by molar-refractivity contribution is 7.55. The lowest BCUT2D eigenvalue weighted by molar-refractivity contribution is -0.0796. The van der Waals surface area contributed by atoms with Gasteiger partial charge in [-0.15, -0.1) is 0 Å². The Morgan fingerprint density at radius 3 is 2.38 bits per heavy atom. The van der Waals surface area contributed by atoms with E-state index in [2.05, 4.69) is 15.7 Å². The van der Waals surface area contributed by atoms with Crippen LogP contribution in [0.1, 0.15) is 52.3 Å². The van der Waals surface area contributed by atoms with Crippen molar-refractivity contribution in [1.29, 1.82) is 5.26 Å². The van der Waals surface area contributed by atoms with Crippen LogP contribution in [0.15, 0.2) is 15.8 Å². The topological polar surface area (TPSA) is 164 Å². The van der Waals surface area contributed by atoms with Crippen molar-refractivity contribution in [2.45, 2.75) is 89.7 Å². The smallest absolute Gasteiger partial charge is 0.333 e. The molecule has 2 heterocycles. The first-order chi connectivity index (χ1) is 19.9. The Morgan fingerprint density at radius 1 is 1.14 bits per heavy atom. The second kappa shape index (κ2) is 15.5. The highest BCUT2D eigenvalue weighted by Crippen LogP contribution is 2.67. The first kappa shape index (κ1) is 35.0. The second-order valence-electron chi connectivity index (χ2n) is 10.8. The number of nitrogens with one attached hydrogen (secondary N) is 1. The quantitative estimate of drug-likeness (QED) is 0.197. The largest absolute Gasteiger partial charge is 0.382 e. The number of nitrogens with zero attached hydrogens (tertiary/aromatic N) is 3. The Hall–Kier alpha value is -1.49. The predicted octanol–water partition coefficient (Wildman–Crippen LogP) is 3.31. The molecule has 1 saturated carbocycles. The third-order valence-corrected chi connectivity index (χ3v) is 11.8. The van der Waals surface area contributed by atoms with Crippen LogP contribution in [0.25, 0.3) is 0 Å². The number of methoxy groups -OCH3 is 1. The first-order valence-electron chi connectivity index (χ1n) is 14.0. The van der Waals surface area contributed by atoms with Gasteiger partial charge in [0.15, 0.2) is 6.23 Å². The van der Waals surface area contributed by atoms with Gasteiger partial charge in [-0.2, -0.15) is 5.26 Å². The molecule has 1 saturated heterocycles. The Balaban J connectivity index is 2.10. The molecule has 2 aliphatic rings. The fourth-order valence-electron chi connectivity index (χ4n) is 5.23. The summed E-state index contributed by atoms with van der Waals surface area (Å²) in [6.45, 7) is 10.3. The third kappa shape index (κ3) is 7.96. The Bertz CT molecular complexity index is 1220. The van der Waals surface area contributed by atoms with Gasteiger partial charge in [0.1, 0.15) is 12.2 Å². The number of aromatic amines is 1. The summed E-state index contributed by atoms with van der Waals surface area (Å²) in [7, 11) is -0.931. The lowest BCUT2D eigenvalue weighted by Gasteiger charge is -2.38. The van der Waals surface area contributed by atoms with Gasteiger partial charge in [0.2, 0.25) is 0 Å². The lowest BCUT2D eigenvalue weighted by Crippen LogP contribution is -2.42. The van der Waals surface area contributed by atoms with Gasteiger partial charge in [-0.3, -0.25) is 18.9 Å². The van der Waals surface area contributed by atoms with Gasteiger partial charge in [-0.05, 0) is 41.0 Å². The lowest BCUT2D eigenvalue weighted by atomic mass is 10.1. The van der Waals surface area contributed by atoms with Crippen molar-refractivity contribution >= 4 is 16.1 Å². The zero-order chi connectivity index (χ0) is 31.2. The molecular weight excluding hydrogens is 590 g/mol. The molecule has 2 fully saturated rings. The van der Waals surface area contributed by atoms with Gasteiger partial charge in [0, 0.05) is 51.1 Å². The molecule has 3 unspecified atom stereocenters. The number of ether oxygens (including phenoxy) is 3. The molecule has 0 aromatic carbocycles. The minimum atomic E-state index is -3.43. The molecule has 0 spiro atoms. The van der Waals surface area contributed by atoms with Gasteiger partial charge >= 0.3 is 13.3 Å². The molecule has 3 rings (SSSR count). The summed E-state index contributed by atoms with van der Waals surface area (Å²) in [5.41, 5.74) is -1.30. The summed E-state index contributed by atoms with van der Waals surface area (Å²) in [5.74, 6) is -0.304. The second-order valence-corrected chi connectivity index (χ2v) is 14.7. The third-order valence-electron chi connectivity index (χ3n) is 7.26. The van der Waals surface area contributed by atoms with Crippen molar-refractivity contribution in [3.05, 3.63) is 32.6 Å². The van der Waals surface area contributed by atoms with Crippen LogP contribution in [-0.2, 0) is 36.9 Å². The summed E-state index contributed by atoms with van der Waals surface area (Å²) >= 11 is 0. The zero-order valence-corrected chi connectivity index (χ0v) is 27.3. The fraction of sp³-hybridized carbons (Fsp3) is 0.808. The van der Waals surface area contributed by atoms with E-state index in [1.54, 1.807) is 14.0 Å². The van der Waals surface area contributed by atoms with Gasteiger partial charge in [0.05, 0.1) is 44.1 Å². The molecule has 7 atom stereocenters. The van der Waals surface area contributed by atoms with E-state index in [1.807, 2.05) is 27.7 Å². The van der Waals surface area contributed by atoms with Crippen molar-refractivity contribution < 1.29 is 36.9 Å². The van der Waals surface area contributed by atoms with E-state index in [4.69, 9.17) is 37.6 Å². The van der Waals surface area contributed by atoms with Crippen LogP contribution in [0.3, 0.4) is 0 Å². The fourth-order valence-corrected chi connectivity index (χ4v) is 8.82. The number of aromatic nitrogens is 2. The highest BCUT2D eigenvalue weighted by Gasteiger charge is 2.63. The van der Waals surface area contributed by atoms with E-state index in [9.17, 15) is 14.2 Å². The van der Waals surface area contributed by atoms with E-state index in [0.717, 1.165) is 0 Å². The minimum Gasteiger partial charge on any atom is -0.382 e. The van der Waals surface area contributed by atoms with Crippen LogP contribution in [0.2, 0.25) is 0 Å². The van der Waals surface area contributed by atoms with Gasteiger partial charge in [0.25, 0.3) is 14.1 Å². The molecule has 16 heteroatoms. The Labute approximate surface area is 248 Å². The maximum atomic E-state index is 13.3. The molecular formula is C26H44N4O10P2. The summed E-state index contributed by atoms with van der Waals surface area (Å²) < 4.78 is 58.2. The minimum absolute atomic E-state index is 0.0305. The average Bonchev–Trinajstić information content (AvgIpc) is 3.67. The van der Waals surface area contributed by atoms with E-state index in [-0.39, 0.29) is 44.2 Å². The number of nitriles is 1. The summed E-state index contributed by atoms with van der Waals surface area (Å²) in [5, 5.41) is 9.15. The van der Waals surface area contributed by atoms with Crippen LogP contribution in [0, 0.1) is 24.2 Å². The molecule has 1 N–H and O–H groups in total. The Morgan fingerprint density at radius 2 is 1.81 bits per heavy atom. The molecule has 14 nitrogen and oxygen atoms in total. The van der Waals surface area contributed by atoms with Crippen LogP contribution >= 0.6 is 16.1 Å². The molecule has 238 valence electrons. The predicted molar refractivity (Wildman–Crippen MR) is 155 cm³/mol. The van der Waals surface area contributed by atoms with Crippen molar-refractivity contribution in [2.75, 3.05) is 41.2 Å². The molecule has 42 heavy (non-hydrogen) atoms. The van der Waals surface area contributed by atoms with Crippen molar-refractivity contribution in [1.82, 2.24) is 14.2 Å². The maximum absolute atomic E-state index is 13.3. The van der Waals surface area contributed by atoms with Crippen LogP contribution in [0.4, 0.5) is 0 Å². The van der Waals surface area contributed by atoms with Crippen LogP contribution in [0.5, 0.6) is 0 Å². The maximum Gasteiger partial charge on any atom is 0.333 e. The standard InChI is InChI=1S/C26H44N4O10P2/c1-16(2)30(17(3)4)41(38-11-9-10-27)40-22-21(19-14-20(19)42(33,35-7)36-8)39-25(23(22)37-13-12-34-6)29-15-18(5)24(31)28-26(29)32/h15-17,19-23,25H,9,11-14H2,1-8H3,(H,28,31,32)/t19?,20?,21-,22-,23-,25-,41?/m1/s1. The van der Waals surface area contributed by atoms with E-state index < -0.39 is 57.6 Å². The number of hydrogen-bond donors (Lipinski definition) is 1. The summed E-state index contributed by atoms with van der Waals surface area (Å²) in [6, 6.07) is 2.16. The molecule has 0 bridgehead atoms. The summed E-state index contributed by atoms with van der Waals surface area (Å²) in [6.07, 6.45) is -1.25. The molecule has 1 aliphatic heterocycles. The molecule has 1 aromatic rings. The van der Waals surface area contributed by atoms with E-state index >= 15 is 0 Å². The molecule has 1 aromatic heterocycles. The van der Waals surface area contributed by atoms with Gasteiger partial charge in [-0.25, -0.2) is 9.46 Å². The molecule has 1 aliphatic carbocycles. The normalized spacial score (nSPS) is 26.7. The average molecular weight is 635 g/mol. The van der Waals surface area contributed by atoms with Crippen molar-refractivity contribution in [3.63, 3.8) is 0 Å². The Kier molecular flexibility index (Phi) is 12.9. The number of hydrogen-bond acceptors (Lipinski definition) is 12. The number of H-pyrrole nitrogens is 1. The molecule has 0 radical (unpaired) electrons. The van der Waals surface area contributed by atoms with Crippen molar-refractivity contribution in [2.24, 2.45) is 5.92 Å². The summed E-state index contributed by atoms with van der Waals surface area (Å²) in [4.78, 5) is 27.5. The monoisotopic (exact) mass is 634 g/mol. The van der Waals surface area contributed by atoms with E-state index in [1.165, 1.54) is 25.0 Å². The molecule has 0 amide bonds. The zero-order valence-electron chi connectivity index (χ0n) is 25.6.